The lowest BCUT2D eigenvalue weighted by molar-refractivity contribution is -0.118. The highest BCUT2D eigenvalue weighted by molar-refractivity contribution is 7.91. The largest absolute Gasteiger partial charge is 0.347 e. The summed E-state index contributed by atoms with van der Waals surface area (Å²) in [7, 11) is -3.79. The van der Waals surface area contributed by atoms with Crippen molar-refractivity contribution in [1.29, 1.82) is 0 Å². The first kappa shape index (κ1) is 11.2. The fourth-order valence-corrected chi connectivity index (χ4v) is 3.15. The van der Waals surface area contributed by atoms with Gasteiger partial charge in [0, 0.05) is 11.8 Å². The summed E-state index contributed by atoms with van der Waals surface area (Å²) >= 11 is 0. The lowest BCUT2D eigenvalue weighted by Crippen LogP contribution is -2.53. The van der Waals surface area contributed by atoms with Crippen LogP contribution in [0.2, 0.25) is 0 Å². The number of nitrogens with one attached hydrogen (secondary N) is 2. The van der Waals surface area contributed by atoms with E-state index in [1.165, 1.54) is 6.92 Å². The van der Waals surface area contributed by atoms with Crippen LogP contribution in [0.4, 0.5) is 4.79 Å². The van der Waals surface area contributed by atoms with Gasteiger partial charge < -0.3 is 0 Å². The predicted molar refractivity (Wildman–Crippen MR) is 55.5 cm³/mol. The molecule has 8 heteroatoms. The highest BCUT2D eigenvalue weighted by atomic mass is 32.2. The molecule has 2 aliphatic rings. The van der Waals surface area contributed by atoms with Crippen molar-refractivity contribution in [2.75, 3.05) is 0 Å². The number of urea groups is 1. The highest BCUT2D eigenvalue weighted by Gasteiger charge is 2.41. The number of hydrogen-bond acceptors (Lipinski definition) is 4. The van der Waals surface area contributed by atoms with Gasteiger partial charge in [0.1, 0.15) is 0 Å². The first-order valence-electron chi connectivity index (χ1n) is 4.81. The van der Waals surface area contributed by atoms with E-state index in [2.05, 4.69) is 9.71 Å². The molecule has 1 atom stereocenters. The van der Waals surface area contributed by atoms with E-state index in [9.17, 15) is 18.0 Å². The van der Waals surface area contributed by atoms with Crippen molar-refractivity contribution in [3.8, 4) is 0 Å². The van der Waals surface area contributed by atoms with Crippen LogP contribution in [0.3, 0.4) is 0 Å². The molecule has 16 heavy (non-hydrogen) atoms. The van der Waals surface area contributed by atoms with Crippen LogP contribution in [0.15, 0.2) is 4.99 Å². The number of carbonyl (C=O) groups is 2. The third-order valence-electron chi connectivity index (χ3n) is 2.34. The van der Waals surface area contributed by atoms with Gasteiger partial charge in [-0.05, 0) is 19.8 Å². The van der Waals surface area contributed by atoms with Crippen LogP contribution < -0.4 is 10.0 Å². The van der Waals surface area contributed by atoms with Gasteiger partial charge in [0.2, 0.25) is 10.0 Å². The Morgan fingerprint density at radius 2 is 2.00 bits per heavy atom. The summed E-state index contributed by atoms with van der Waals surface area (Å²) in [5.74, 6) is -0.842. The summed E-state index contributed by atoms with van der Waals surface area (Å²) in [5, 5.41) is 0.478. The molecule has 1 heterocycles. The number of amides is 3. The average Bonchev–Trinajstić information content (AvgIpc) is 2.83. The summed E-state index contributed by atoms with van der Waals surface area (Å²) < 4.78 is 26.0. The van der Waals surface area contributed by atoms with E-state index in [0.29, 0.717) is 0 Å². The Labute approximate surface area is 92.4 Å². The fourth-order valence-electron chi connectivity index (χ4n) is 1.47. The van der Waals surface area contributed by atoms with Crippen LogP contribution in [0.5, 0.6) is 0 Å². The number of aliphatic imine (C=N–C) groups is 1. The van der Waals surface area contributed by atoms with Crippen molar-refractivity contribution in [3.05, 3.63) is 0 Å². The Bertz CT molecular complexity index is 478. The van der Waals surface area contributed by atoms with Gasteiger partial charge in [0.25, 0.3) is 5.91 Å². The molecular formula is C8H11N3O4S. The molecule has 7 nitrogen and oxygen atoms in total. The minimum atomic E-state index is -3.79. The zero-order valence-corrected chi connectivity index (χ0v) is 9.37. The third-order valence-corrected chi connectivity index (χ3v) is 4.18. The maximum atomic E-state index is 11.8. The SMILES string of the molecule is CC1=NC(=O)NC(=O)C1S(=O)(=O)NC1CC1. The van der Waals surface area contributed by atoms with Crippen molar-refractivity contribution in [3.63, 3.8) is 0 Å². The van der Waals surface area contributed by atoms with Crippen molar-refractivity contribution in [2.45, 2.75) is 31.1 Å². The van der Waals surface area contributed by atoms with Gasteiger partial charge in [-0.25, -0.2) is 22.9 Å². The Kier molecular flexibility index (Phi) is 2.55. The molecule has 3 amide bonds. The quantitative estimate of drug-likeness (QED) is 0.675. The maximum absolute atomic E-state index is 11.8. The van der Waals surface area contributed by atoms with E-state index >= 15 is 0 Å². The number of imide groups is 1. The lowest BCUT2D eigenvalue weighted by Gasteiger charge is -2.19. The first-order chi connectivity index (χ1) is 7.40. The molecule has 1 saturated carbocycles. The predicted octanol–water partition coefficient (Wildman–Crippen LogP) is -0.852. The molecule has 0 aromatic rings. The zero-order valence-electron chi connectivity index (χ0n) is 8.56. The number of rotatable bonds is 3. The monoisotopic (exact) mass is 245 g/mol. The van der Waals surface area contributed by atoms with E-state index in [0.717, 1.165) is 12.8 Å². The second kappa shape index (κ2) is 3.63. The number of hydrogen-bond donors (Lipinski definition) is 2. The Balaban J connectivity index is 2.27. The average molecular weight is 245 g/mol. The molecule has 0 bridgehead atoms. The summed E-state index contributed by atoms with van der Waals surface area (Å²) in [6, 6.07) is -0.899. The smallest absolute Gasteiger partial charge is 0.275 e. The number of nitrogens with zero attached hydrogens (tertiary/aromatic N) is 1. The Morgan fingerprint density at radius 3 is 2.50 bits per heavy atom. The minimum absolute atomic E-state index is 0.00176. The molecule has 2 N–H and O–H groups in total. The van der Waals surface area contributed by atoms with Gasteiger partial charge in [0.05, 0.1) is 0 Å². The summed E-state index contributed by atoms with van der Waals surface area (Å²) in [5.41, 5.74) is 0.00176. The normalized spacial score (nSPS) is 26.3. The van der Waals surface area contributed by atoms with Crippen LogP contribution in [0.1, 0.15) is 19.8 Å². The zero-order chi connectivity index (χ0) is 11.9. The lowest BCUT2D eigenvalue weighted by atomic mass is 10.2. The third kappa shape index (κ3) is 2.12. The second-order valence-electron chi connectivity index (χ2n) is 3.86. The molecule has 2 rings (SSSR count). The molecule has 1 aliphatic heterocycles. The van der Waals surface area contributed by atoms with Gasteiger partial charge in [-0.1, -0.05) is 0 Å². The number of sulfonamides is 1. The minimum Gasteiger partial charge on any atom is -0.275 e. The molecule has 0 aromatic carbocycles. The number of carbonyl (C=O) groups excluding carboxylic acids is 2. The topological polar surface area (TPSA) is 105 Å². The summed E-state index contributed by atoms with van der Waals surface area (Å²) in [6.07, 6.45) is 1.56. The van der Waals surface area contributed by atoms with E-state index in [4.69, 9.17) is 0 Å². The molecular weight excluding hydrogens is 234 g/mol. The van der Waals surface area contributed by atoms with Crippen molar-refractivity contribution in [2.24, 2.45) is 4.99 Å². The van der Waals surface area contributed by atoms with Crippen molar-refractivity contribution < 1.29 is 18.0 Å². The first-order valence-corrected chi connectivity index (χ1v) is 6.36. The molecule has 0 saturated heterocycles. The summed E-state index contributed by atoms with van der Waals surface area (Å²) in [6.45, 7) is 1.35. The molecule has 1 unspecified atom stereocenters. The van der Waals surface area contributed by atoms with Crippen LogP contribution in [0.25, 0.3) is 0 Å². The highest BCUT2D eigenvalue weighted by Crippen LogP contribution is 2.21. The molecule has 1 fully saturated rings. The molecule has 0 spiro atoms. The molecule has 1 aliphatic carbocycles. The van der Waals surface area contributed by atoms with Gasteiger partial charge in [-0.3, -0.25) is 10.1 Å². The van der Waals surface area contributed by atoms with E-state index < -0.39 is 27.2 Å². The van der Waals surface area contributed by atoms with Gasteiger partial charge in [-0.15, -0.1) is 0 Å². The summed E-state index contributed by atoms with van der Waals surface area (Å²) in [4.78, 5) is 25.7. The molecule has 0 radical (unpaired) electrons. The van der Waals surface area contributed by atoms with Crippen LogP contribution in [0, 0.1) is 0 Å². The molecule has 88 valence electrons. The van der Waals surface area contributed by atoms with E-state index in [1.807, 2.05) is 5.32 Å². The van der Waals surface area contributed by atoms with Gasteiger partial charge >= 0.3 is 6.03 Å². The van der Waals surface area contributed by atoms with Crippen LogP contribution in [-0.4, -0.2) is 37.4 Å². The van der Waals surface area contributed by atoms with Crippen LogP contribution >= 0.6 is 0 Å². The Morgan fingerprint density at radius 1 is 1.38 bits per heavy atom. The maximum Gasteiger partial charge on any atom is 0.347 e. The fraction of sp³-hybridized carbons (Fsp3) is 0.625. The second-order valence-corrected chi connectivity index (χ2v) is 5.66. The molecule has 0 aromatic heterocycles. The van der Waals surface area contributed by atoms with Crippen molar-refractivity contribution >= 4 is 27.7 Å². The van der Waals surface area contributed by atoms with Crippen molar-refractivity contribution in [1.82, 2.24) is 10.0 Å². The Hall–Kier alpha value is -1.28. The van der Waals surface area contributed by atoms with Gasteiger partial charge in [-0.2, -0.15) is 0 Å². The van der Waals surface area contributed by atoms with Crippen LogP contribution in [-0.2, 0) is 14.8 Å². The standard InChI is InChI=1S/C8H11N3O4S/c1-4-6(7(12)10-8(13)9-4)16(14,15)11-5-2-3-5/h5-6,11H,2-3H2,1H3,(H,10,12,13). The van der Waals surface area contributed by atoms with E-state index in [-0.39, 0.29) is 11.8 Å². The van der Waals surface area contributed by atoms with E-state index in [1.54, 1.807) is 0 Å². The van der Waals surface area contributed by atoms with Gasteiger partial charge in [0.15, 0.2) is 5.25 Å².